The van der Waals surface area contributed by atoms with Gasteiger partial charge >= 0.3 is 19.2 Å². The van der Waals surface area contributed by atoms with Crippen molar-refractivity contribution in [2.24, 2.45) is 0 Å². The van der Waals surface area contributed by atoms with Crippen molar-refractivity contribution in [1.82, 2.24) is 5.32 Å². The van der Waals surface area contributed by atoms with Crippen molar-refractivity contribution < 1.29 is 38.3 Å². The fourth-order valence-corrected chi connectivity index (χ4v) is 2.88. The van der Waals surface area contributed by atoms with Gasteiger partial charge in [-0.3, -0.25) is 4.79 Å². The van der Waals surface area contributed by atoms with Crippen LogP contribution >= 0.6 is 0 Å². The molecular formula is C18H22BNO8. The van der Waals surface area contributed by atoms with Crippen molar-refractivity contribution in [2.45, 2.75) is 51.1 Å². The van der Waals surface area contributed by atoms with Crippen LogP contribution in [0.1, 0.15) is 48.5 Å². The molecule has 1 aromatic rings. The number of nitrogens with one attached hydrogen (secondary N) is 1. The zero-order chi connectivity index (χ0) is 20.1. The Bertz CT molecular complexity index is 751. The summed E-state index contributed by atoms with van der Waals surface area (Å²) in [4.78, 5) is 35.3. The van der Waals surface area contributed by atoms with Crippen molar-refractivity contribution in [3.63, 3.8) is 0 Å². The van der Waals surface area contributed by atoms with Gasteiger partial charge in [-0.1, -0.05) is 19.1 Å². The molecule has 0 bridgehead atoms. The van der Waals surface area contributed by atoms with Crippen LogP contribution in [0.5, 0.6) is 5.75 Å². The summed E-state index contributed by atoms with van der Waals surface area (Å²) in [6.45, 7) is 1.11. The van der Waals surface area contributed by atoms with Crippen LogP contribution in [-0.2, 0) is 25.4 Å². The van der Waals surface area contributed by atoms with Crippen molar-refractivity contribution >= 4 is 25.2 Å². The maximum absolute atomic E-state index is 12.3. The normalized spacial score (nSPS) is 18.2. The first-order valence-electron chi connectivity index (χ1n) is 9.24. The Morgan fingerprint density at radius 1 is 1.29 bits per heavy atom. The smallest absolute Gasteiger partial charge is 0.534 e. The van der Waals surface area contributed by atoms with Gasteiger partial charge in [-0.25, -0.2) is 9.59 Å². The van der Waals surface area contributed by atoms with E-state index in [9.17, 15) is 19.4 Å². The minimum Gasteiger partial charge on any atom is -0.534 e. The van der Waals surface area contributed by atoms with Crippen LogP contribution in [0.3, 0.4) is 0 Å². The summed E-state index contributed by atoms with van der Waals surface area (Å²) in [5, 5.41) is 12.8. The summed E-state index contributed by atoms with van der Waals surface area (Å²) in [5.74, 6) is -1.41. The standard InChI is InChI=1S/C18H22BNO8/c1-2-15(21)20-14-9-11-5-3-8-13(16(11)28-19(14)24)17(22)25-10-26-18(23)27-12-6-4-7-12/h3,5,8,12,14,24H,2,4,6-7,9-10H2,1H3,(H,20,21)/t14-/m0/s1. The molecule has 1 aliphatic carbocycles. The molecule has 1 fully saturated rings. The number of esters is 1. The van der Waals surface area contributed by atoms with E-state index in [-0.39, 0.29) is 29.7 Å². The Labute approximate surface area is 162 Å². The topological polar surface area (TPSA) is 120 Å². The third kappa shape index (κ3) is 4.75. The fraction of sp³-hybridized carbons (Fsp3) is 0.500. The first-order chi connectivity index (χ1) is 13.5. The van der Waals surface area contributed by atoms with Gasteiger partial charge in [0.2, 0.25) is 12.7 Å². The maximum Gasteiger partial charge on any atom is 0.547 e. The second-order valence-electron chi connectivity index (χ2n) is 6.65. The second-order valence-corrected chi connectivity index (χ2v) is 6.65. The van der Waals surface area contributed by atoms with E-state index in [2.05, 4.69) is 5.32 Å². The van der Waals surface area contributed by atoms with Crippen LogP contribution in [-0.4, -0.2) is 49.0 Å². The Kier molecular flexibility index (Phi) is 6.40. The van der Waals surface area contributed by atoms with Crippen molar-refractivity contribution in [2.75, 3.05) is 6.79 Å². The molecule has 2 N–H and O–H groups in total. The number of amides is 1. The molecule has 0 spiro atoms. The molecule has 1 saturated carbocycles. The Morgan fingerprint density at radius 2 is 2.07 bits per heavy atom. The number of ether oxygens (including phenoxy) is 3. The van der Waals surface area contributed by atoms with Gasteiger partial charge in [0.25, 0.3) is 0 Å². The minimum absolute atomic E-state index is 0.0905. The third-order valence-corrected chi connectivity index (χ3v) is 4.69. The van der Waals surface area contributed by atoms with Crippen LogP contribution in [0.25, 0.3) is 0 Å². The van der Waals surface area contributed by atoms with E-state index >= 15 is 0 Å². The lowest BCUT2D eigenvalue weighted by Crippen LogP contribution is -2.53. The van der Waals surface area contributed by atoms with E-state index in [4.69, 9.17) is 18.9 Å². The lowest BCUT2D eigenvalue weighted by Gasteiger charge is -2.29. The Morgan fingerprint density at radius 3 is 2.75 bits per heavy atom. The molecule has 3 rings (SSSR count). The van der Waals surface area contributed by atoms with Gasteiger partial charge in [-0.15, -0.1) is 0 Å². The molecule has 0 unspecified atom stereocenters. The molecule has 0 aromatic heterocycles. The predicted octanol–water partition coefficient (Wildman–Crippen LogP) is 1.36. The number of hydrogen-bond acceptors (Lipinski definition) is 8. The molecule has 1 aromatic carbocycles. The second kappa shape index (κ2) is 8.96. The van der Waals surface area contributed by atoms with Gasteiger partial charge in [-0.2, -0.15) is 0 Å². The average molecular weight is 391 g/mol. The maximum atomic E-state index is 12.3. The van der Waals surface area contributed by atoms with Crippen LogP contribution in [0.4, 0.5) is 4.79 Å². The zero-order valence-corrected chi connectivity index (χ0v) is 15.5. The zero-order valence-electron chi connectivity index (χ0n) is 15.5. The molecule has 0 saturated heterocycles. The summed E-state index contributed by atoms with van der Waals surface area (Å²) in [6.07, 6.45) is 2.21. The number of carbonyl (C=O) groups is 3. The van der Waals surface area contributed by atoms with E-state index in [1.807, 2.05) is 0 Å². The van der Waals surface area contributed by atoms with Gasteiger partial charge in [-0.05, 0) is 37.3 Å². The number of para-hydroxylation sites is 1. The van der Waals surface area contributed by atoms with E-state index < -0.39 is 32.0 Å². The molecule has 2 aliphatic rings. The Hall–Kier alpha value is -2.75. The number of fused-ring (bicyclic) bond motifs is 1. The lowest BCUT2D eigenvalue weighted by molar-refractivity contribution is -0.121. The van der Waals surface area contributed by atoms with Gasteiger partial charge in [0.05, 0.1) is 5.94 Å². The molecule has 0 radical (unpaired) electrons. The summed E-state index contributed by atoms with van der Waals surface area (Å²) in [5.41, 5.74) is 0.735. The van der Waals surface area contributed by atoms with E-state index in [0.29, 0.717) is 12.0 Å². The van der Waals surface area contributed by atoms with E-state index in [1.165, 1.54) is 6.07 Å². The van der Waals surface area contributed by atoms with Gasteiger partial charge in [0.1, 0.15) is 17.4 Å². The third-order valence-electron chi connectivity index (χ3n) is 4.69. The number of benzene rings is 1. The molecule has 9 nitrogen and oxygen atoms in total. The average Bonchev–Trinajstić information content (AvgIpc) is 2.64. The van der Waals surface area contributed by atoms with Gasteiger partial charge < -0.3 is 29.2 Å². The van der Waals surface area contributed by atoms with Crippen LogP contribution < -0.4 is 9.97 Å². The van der Waals surface area contributed by atoms with Crippen molar-refractivity contribution in [3.8, 4) is 5.75 Å². The quantitative estimate of drug-likeness (QED) is 0.424. The molecule has 1 atom stereocenters. The first-order valence-corrected chi connectivity index (χ1v) is 9.24. The molecule has 1 amide bonds. The molecule has 150 valence electrons. The van der Waals surface area contributed by atoms with Crippen molar-refractivity contribution in [1.29, 1.82) is 0 Å². The number of carbonyl (C=O) groups excluding carboxylic acids is 3. The largest absolute Gasteiger partial charge is 0.547 e. The summed E-state index contributed by atoms with van der Waals surface area (Å²) < 4.78 is 20.1. The molecule has 28 heavy (non-hydrogen) atoms. The van der Waals surface area contributed by atoms with Gasteiger partial charge in [0, 0.05) is 6.42 Å². The van der Waals surface area contributed by atoms with Crippen LogP contribution in [0, 0.1) is 0 Å². The summed E-state index contributed by atoms with van der Waals surface area (Å²) >= 11 is 0. The number of rotatable bonds is 6. The fourth-order valence-electron chi connectivity index (χ4n) is 2.88. The van der Waals surface area contributed by atoms with Crippen LogP contribution in [0.2, 0.25) is 0 Å². The predicted molar refractivity (Wildman–Crippen MR) is 96.5 cm³/mol. The molecule has 1 heterocycles. The molecule has 1 aliphatic heterocycles. The highest BCUT2D eigenvalue weighted by Crippen LogP contribution is 2.30. The van der Waals surface area contributed by atoms with E-state index in [0.717, 1.165) is 19.3 Å². The number of hydrogen-bond donors (Lipinski definition) is 2. The monoisotopic (exact) mass is 391 g/mol. The van der Waals surface area contributed by atoms with E-state index in [1.54, 1.807) is 19.1 Å². The highest BCUT2D eigenvalue weighted by molar-refractivity contribution is 6.47. The summed E-state index contributed by atoms with van der Waals surface area (Å²) in [7, 11) is -1.30. The highest BCUT2D eigenvalue weighted by atomic mass is 16.8. The molecule has 10 heteroatoms. The Balaban J connectivity index is 1.57. The minimum atomic E-state index is -1.30. The lowest BCUT2D eigenvalue weighted by atomic mass is 9.72. The summed E-state index contributed by atoms with van der Waals surface area (Å²) in [6, 6.07) is 4.85. The first kappa shape index (κ1) is 20.0. The SMILES string of the molecule is CCC(=O)N[C@H]1Cc2cccc(C(=O)OCOC(=O)OC3CCC3)c2OB1O. The van der Waals surface area contributed by atoms with Crippen molar-refractivity contribution in [3.05, 3.63) is 29.3 Å². The van der Waals surface area contributed by atoms with Crippen LogP contribution in [0.15, 0.2) is 18.2 Å². The highest BCUT2D eigenvalue weighted by Gasteiger charge is 2.37. The molecular weight excluding hydrogens is 369 g/mol. The van der Waals surface area contributed by atoms with Gasteiger partial charge in [0.15, 0.2) is 0 Å².